The molecule has 34 heavy (non-hydrogen) atoms. The van der Waals surface area contributed by atoms with Gasteiger partial charge in [-0.05, 0) is 24.3 Å². The second kappa shape index (κ2) is 8.64. The molecule has 2 N–H and O–H groups in total. The molecular formula is C24H21ClF2N4O3. The van der Waals surface area contributed by atoms with Crippen molar-refractivity contribution in [1.29, 1.82) is 0 Å². The van der Waals surface area contributed by atoms with Crippen molar-refractivity contribution < 1.29 is 23.4 Å². The fourth-order valence-corrected chi connectivity index (χ4v) is 4.76. The van der Waals surface area contributed by atoms with E-state index in [4.69, 9.17) is 16.3 Å². The van der Waals surface area contributed by atoms with Crippen LogP contribution in [0.1, 0.15) is 0 Å². The number of halogens is 3. The number of phenolic OH excluding ortho intramolecular Hbond substituents is 1. The van der Waals surface area contributed by atoms with Crippen LogP contribution in [-0.4, -0.2) is 60.2 Å². The first kappa shape index (κ1) is 22.2. The zero-order valence-electron chi connectivity index (χ0n) is 18.1. The minimum atomic E-state index is -0.860. The molecule has 1 aromatic heterocycles. The third kappa shape index (κ3) is 3.56. The number of anilines is 2. The van der Waals surface area contributed by atoms with Gasteiger partial charge in [-0.3, -0.25) is 4.79 Å². The van der Waals surface area contributed by atoms with Gasteiger partial charge in [0, 0.05) is 43.7 Å². The summed E-state index contributed by atoms with van der Waals surface area (Å²) in [6.45, 7) is 6.32. The number of piperazine rings is 1. The average molecular weight is 487 g/mol. The fraction of sp³-hybridized carbons (Fsp3) is 0.250. The van der Waals surface area contributed by atoms with Crippen LogP contribution in [0.25, 0.3) is 22.0 Å². The lowest BCUT2D eigenvalue weighted by Crippen LogP contribution is -2.48. The van der Waals surface area contributed by atoms with E-state index in [9.17, 15) is 14.3 Å². The Hall–Kier alpha value is -3.59. The van der Waals surface area contributed by atoms with Crippen LogP contribution in [0.15, 0.2) is 36.9 Å². The normalized spacial score (nSPS) is 15.5. The summed E-state index contributed by atoms with van der Waals surface area (Å²) < 4.78 is 36.2. The van der Waals surface area contributed by atoms with E-state index in [-0.39, 0.29) is 33.5 Å². The molecular weight excluding hydrogens is 466 g/mol. The van der Waals surface area contributed by atoms with Crippen LogP contribution >= 0.6 is 11.6 Å². The number of phenols is 1. The number of nitrogens with one attached hydrogen (secondary N) is 1. The quantitative estimate of drug-likeness (QED) is 0.541. The number of amides is 1. The minimum absolute atomic E-state index is 0.0518. The number of ether oxygens (including phenoxy) is 1. The second-order valence-electron chi connectivity index (χ2n) is 8.01. The van der Waals surface area contributed by atoms with Crippen molar-refractivity contribution >= 4 is 39.8 Å². The number of aromatic hydroxyl groups is 1. The summed E-state index contributed by atoms with van der Waals surface area (Å²) in [5.74, 6) is -2.02. The van der Waals surface area contributed by atoms with Crippen molar-refractivity contribution in [3.63, 3.8) is 0 Å². The number of benzene rings is 2. The Morgan fingerprint density at radius 3 is 2.71 bits per heavy atom. The van der Waals surface area contributed by atoms with Crippen LogP contribution in [0.5, 0.6) is 11.6 Å². The molecule has 2 aliphatic heterocycles. The van der Waals surface area contributed by atoms with E-state index in [1.54, 1.807) is 4.90 Å². The third-order valence-electron chi connectivity index (χ3n) is 6.08. The number of carbonyl (C=O) groups excluding carboxylic acids is 1. The Labute approximate surface area is 199 Å². The van der Waals surface area contributed by atoms with Crippen molar-refractivity contribution in [3.05, 3.63) is 53.6 Å². The molecule has 3 heterocycles. The predicted octanol–water partition coefficient (Wildman–Crippen LogP) is 4.18. The smallest absolute Gasteiger partial charge is 0.246 e. The number of nitrogens with zero attached hydrogens (tertiary/aromatic N) is 3. The molecule has 2 aromatic carbocycles. The van der Waals surface area contributed by atoms with E-state index in [1.807, 2.05) is 4.90 Å². The van der Waals surface area contributed by atoms with Crippen LogP contribution < -0.4 is 15.0 Å². The maximum Gasteiger partial charge on any atom is 0.246 e. The van der Waals surface area contributed by atoms with Crippen molar-refractivity contribution in [1.82, 2.24) is 9.88 Å². The van der Waals surface area contributed by atoms with E-state index in [2.05, 4.69) is 16.9 Å². The highest BCUT2D eigenvalue weighted by Gasteiger charge is 2.30. The number of aromatic nitrogens is 1. The predicted molar refractivity (Wildman–Crippen MR) is 127 cm³/mol. The van der Waals surface area contributed by atoms with Gasteiger partial charge in [-0.1, -0.05) is 24.2 Å². The molecule has 176 valence electrons. The number of fused-ring (bicyclic) bond motifs is 2. The van der Waals surface area contributed by atoms with E-state index >= 15 is 4.39 Å². The van der Waals surface area contributed by atoms with E-state index in [0.29, 0.717) is 56.1 Å². The van der Waals surface area contributed by atoms with Gasteiger partial charge in [0.15, 0.2) is 5.82 Å². The van der Waals surface area contributed by atoms with Crippen LogP contribution in [-0.2, 0) is 4.79 Å². The molecule has 1 saturated heterocycles. The Morgan fingerprint density at radius 1 is 1.24 bits per heavy atom. The summed E-state index contributed by atoms with van der Waals surface area (Å²) >= 11 is 6.48. The molecule has 0 atom stereocenters. The summed E-state index contributed by atoms with van der Waals surface area (Å²) in [6, 6.07) is 5.24. The molecule has 0 saturated carbocycles. The first-order chi connectivity index (χ1) is 16.4. The lowest BCUT2D eigenvalue weighted by Gasteiger charge is -2.38. The highest BCUT2D eigenvalue weighted by atomic mass is 35.5. The first-order valence-electron chi connectivity index (χ1n) is 10.8. The van der Waals surface area contributed by atoms with Gasteiger partial charge >= 0.3 is 0 Å². The molecule has 5 rings (SSSR count). The van der Waals surface area contributed by atoms with E-state index < -0.39 is 17.4 Å². The number of pyridine rings is 1. The molecule has 10 heteroatoms. The molecule has 0 unspecified atom stereocenters. The van der Waals surface area contributed by atoms with Gasteiger partial charge in [-0.15, -0.1) is 0 Å². The zero-order valence-corrected chi connectivity index (χ0v) is 18.8. The zero-order chi connectivity index (χ0) is 24.0. The average Bonchev–Trinajstić information content (AvgIpc) is 2.84. The number of hydrogen-bond acceptors (Lipinski definition) is 6. The van der Waals surface area contributed by atoms with Crippen molar-refractivity contribution in [3.8, 4) is 22.8 Å². The summed E-state index contributed by atoms with van der Waals surface area (Å²) in [5.41, 5.74) is 0.607. The van der Waals surface area contributed by atoms with Crippen LogP contribution in [0, 0.1) is 11.6 Å². The molecule has 7 nitrogen and oxygen atoms in total. The third-order valence-corrected chi connectivity index (χ3v) is 6.38. The van der Waals surface area contributed by atoms with Gasteiger partial charge in [0.25, 0.3) is 0 Å². The van der Waals surface area contributed by atoms with Crippen LogP contribution in [0.3, 0.4) is 0 Å². The molecule has 3 aromatic rings. The first-order valence-corrected chi connectivity index (χ1v) is 11.1. The lowest BCUT2D eigenvalue weighted by molar-refractivity contribution is -0.126. The maximum absolute atomic E-state index is 15.9. The highest BCUT2D eigenvalue weighted by molar-refractivity contribution is 6.34. The molecule has 0 radical (unpaired) electrons. The van der Waals surface area contributed by atoms with Crippen LogP contribution in [0.2, 0.25) is 5.02 Å². The number of carbonyl (C=O) groups is 1. The summed E-state index contributed by atoms with van der Waals surface area (Å²) in [5, 5.41) is 13.9. The molecule has 0 aliphatic carbocycles. The Bertz CT molecular complexity index is 1310. The van der Waals surface area contributed by atoms with Gasteiger partial charge in [0.1, 0.15) is 29.4 Å². The molecule has 1 fully saturated rings. The van der Waals surface area contributed by atoms with Crippen molar-refractivity contribution in [2.24, 2.45) is 0 Å². The summed E-state index contributed by atoms with van der Waals surface area (Å²) in [4.78, 5) is 20.1. The maximum atomic E-state index is 15.9. The lowest BCUT2D eigenvalue weighted by atomic mass is 9.99. The standard InChI is InChI=1S/C24H21ClF2N4O3/c1-2-17(33)30-7-9-31(10-8-30)23-13-12-14(25)18(19-15(26)4-3-5-16(19)32)20(27)21(13)29-24-22(23)28-6-11-34-24/h2-5,12,28,32H,1,6-11H2. The van der Waals surface area contributed by atoms with Gasteiger partial charge < -0.3 is 25.0 Å². The topological polar surface area (TPSA) is 77.9 Å². The number of rotatable bonds is 3. The molecule has 2 aliphatic rings. The Morgan fingerprint density at radius 2 is 2.00 bits per heavy atom. The second-order valence-corrected chi connectivity index (χ2v) is 8.42. The van der Waals surface area contributed by atoms with Crippen LogP contribution in [0.4, 0.5) is 20.2 Å². The minimum Gasteiger partial charge on any atom is -0.507 e. The molecule has 0 bridgehead atoms. The van der Waals surface area contributed by atoms with Gasteiger partial charge in [0.05, 0.1) is 16.3 Å². The molecule has 1 amide bonds. The van der Waals surface area contributed by atoms with E-state index in [1.165, 1.54) is 24.3 Å². The SMILES string of the molecule is C=CC(=O)N1CCN(c2c3c(nc4c(F)c(-c5c(O)cccc5F)c(Cl)cc24)OCCN3)CC1. The van der Waals surface area contributed by atoms with Gasteiger partial charge in [-0.25, -0.2) is 13.8 Å². The highest BCUT2D eigenvalue weighted by Crippen LogP contribution is 2.47. The largest absolute Gasteiger partial charge is 0.507 e. The fourth-order valence-electron chi connectivity index (χ4n) is 4.48. The summed E-state index contributed by atoms with van der Waals surface area (Å²) in [6.07, 6.45) is 1.28. The number of hydrogen-bond donors (Lipinski definition) is 2. The Kier molecular flexibility index (Phi) is 5.65. The molecule has 0 spiro atoms. The van der Waals surface area contributed by atoms with E-state index in [0.717, 1.165) is 6.07 Å². The van der Waals surface area contributed by atoms with Crippen molar-refractivity contribution in [2.75, 3.05) is 49.5 Å². The van der Waals surface area contributed by atoms with Gasteiger partial charge in [0.2, 0.25) is 11.8 Å². The van der Waals surface area contributed by atoms with Gasteiger partial charge in [-0.2, -0.15) is 0 Å². The Balaban J connectivity index is 1.70. The summed E-state index contributed by atoms with van der Waals surface area (Å²) in [7, 11) is 0. The van der Waals surface area contributed by atoms with Crippen molar-refractivity contribution in [2.45, 2.75) is 0 Å². The monoisotopic (exact) mass is 486 g/mol.